The highest BCUT2D eigenvalue weighted by Crippen LogP contribution is 2.29. The summed E-state index contributed by atoms with van der Waals surface area (Å²) < 4.78 is 0. The monoisotopic (exact) mass is 225 g/mol. The molecule has 2 atom stereocenters. The molecule has 0 amide bonds. The van der Waals surface area contributed by atoms with Gasteiger partial charge < -0.3 is 10.2 Å². The van der Waals surface area contributed by atoms with Crippen LogP contribution in [-0.4, -0.2) is 30.7 Å². The highest BCUT2D eigenvalue weighted by atomic mass is 15.2. The van der Waals surface area contributed by atoms with E-state index in [4.69, 9.17) is 0 Å². The average Bonchev–Trinajstić information content (AvgIpc) is 2.65. The summed E-state index contributed by atoms with van der Waals surface area (Å²) in [7, 11) is 0. The van der Waals surface area contributed by atoms with Crippen LogP contribution in [0.1, 0.15) is 0 Å². The molecule has 1 aromatic heterocycles. The van der Waals surface area contributed by atoms with Crippen molar-refractivity contribution in [2.24, 2.45) is 5.92 Å². The summed E-state index contributed by atoms with van der Waals surface area (Å²) in [6.45, 7) is 3.49. The maximum absolute atomic E-state index is 4.53. The average molecular weight is 225 g/mol. The van der Waals surface area contributed by atoms with E-state index in [0.29, 0.717) is 6.04 Å². The van der Waals surface area contributed by atoms with Gasteiger partial charge in [-0.25, -0.2) is 0 Å². The zero-order valence-corrected chi connectivity index (χ0v) is 9.63. The lowest BCUT2D eigenvalue weighted by Gasteiger charge is -2.29. The summed E-state index contributed by atoms with van der Waals surface area (Å²) in [5, 5.41) is 4.72. The fourth-order valence-corrected chi connectivity index (χ4v) is 2.89. The highest BCUT2D eigenvalue weighted by molar-refractivity contribution is 5.81. The van der Waals surface area contributed by atoms with Crippen molar-refractivity contribution in [1.82, 2.24) is 10.3 Å². The number of hydrogen-bond acceptors (Lipinski definition) is 3. The fraction of sp³-hybridized carbons (Fsp3) is 0.357. The van der Waals surface area contributed by atoms with Crippen LogP contribution in [0.3, 0.4) is 0 Å². The molecule has 1 aromatic carbocycles. The van der Waals surface area contributed by atoms with E-state index < -0.39 is 0 Å². The molecule has 2 aliphatic rings. The summed E-state index contributed by atoms with van der Waals surface area (Å²) in [5.74, 6) is 0.849. The minimum absolute atomic E-state index is 0.710. The van der Waals surface area contributed by atoms with Gasteiger partial charge >= 0.3 is 0 Å². The van der Waals surface area contributed by atoms with E-state index >= 15 is 0 Å². The number of hydrogen-bond donors (Lipinski definition) is 1. The number of aromatic nitrogens is 1. The minimum atomic E-state index is 0.710. The van der Waals surface area contributed by atoms with Crippen LogP contribution in [0.5, 0.6) is 0 Å². The Kier molecular flexibility index (Phi) is 1.91. The zero-order chi connectivity index (χ0) is 11.2. The van der Waals surface area contributed by atoms with E-state index in [2.05, 4.69) is 39.5 Å². The van der Waals surface area contributed by atoms with Gasteiger partial charge in [0.2, 0.25) is 0 Å². The lowest BCUT2D eigenvalue weighted by molar-refractivity contribution is 0.297. The Labute approximate surface area is 100 Å². The van der Waals surface area contributed by atoms with Crippen LogP contribution in [0.4, 0.5) is 5.69 Å². The van der Waals surface area contributed by atoms with Crippen LogP contribution in [0.2, 0.25) is 0 Å². The summed E-state index contributed by atoms with van der Waals surface area (Å²) in [6.07, 6.45) is 2.01. The third kappa shape index (κ3) is 1.42. The van der Waals surface area contributed by atoms with Crippen LogP contribution in [0, 0.1) is 5.92 Å². The Morgan fingerprint density at radius 2 is 2.18 bits per heavy atom. The van der Waals surface area contributed by atoms with Crippen LogP contribution >= 0.6 is 0 Å². The number of pyridine rings is 1. The normalized spacial score (nSPS) is 26.9. The number of benzene rings is 1. The predicted octanol–water partition coefficient (Wildman–Crippen LogP) is 1.64. The van der Waals surface area contributed by atoms with Gasteiger partial charge in [-0.05, 0) is 12.1 Å². The molecule has 3 heteroatoms. The van der Waals surface area contributed by atoms with Gasteiger partial charge in [-0.2, -0.15) is 0 Å². The number of para-hydroxylation sites is 1. The molecule has 0 saturated carbocycles. The van der Waals surface area contributed by atoms with Crippen molar-refractivity contribution in [2.45, 2.75) is 6.04 Å². The third-order valence-electron chi connectivity index (χ3n) is 4.02. The summed E-state index contributed by atoms with van der Waals surface area (Å²) in [6, 6.07) is 11.3. The Balaban J connectivity index is 1.71. The lowest BCUT2D eigenvalue weighted by Crippen LogP contribution is -2.51. The maximum atomic E-state index is 4.53. The maximum Gasteiger partial charge on any atom is 0.0703 e. The Morgan fingerprint density at radius 1 is 1.24 bits per heavy atom. The first-order valence-electron chi connectivity index (χ1n) is 6.23. The standard InChI is InChI=1S/C14H15N3/c1-2-4-13-10(3-1)5-12(7-16-13)17-8-11-6-15-14(11)9-17/h1-5,7,11,14-15H,6,8-9H2. The number of anilines is 1. The molecule has 0 spiro atoms. The SMILES string of the molecule is c1ccc2ncc(N3CC4CNC4C3)cc2c1. The molecule has 2 fully saturated rings. The second-order valence-corrected chi connectivity index (χ2v) is 5.07. The first kappa shape index (κ1) is 9.42. The summed E-state index contributed by atoms with van der Waals surface area (Å²) in [5.41, 5.74) is 2.34. The van der Waals surface area contributed by atoms with Crippen LogP contribution in [-0.2, 0) is 0 Å². The Bertz CT molecular complexity index is 554. The Hall–Kier alpha value is -1.61. The first-order valence-corrected chi connectivity index (χ1v) is 6.23. The van der Waals surface area contributed by atoms with E-state index in [9.17, 15) is 0 Å². The van der Waals surface area contributed by atoms with Crippen molar-refractivity contribution in [3.8, 4) is 0 Å². The highest BCUT2D eigenvalue weighted by Gasteiger charge is 2.39. The first-order chi connectivity index (χ1) is 8.40. The van der Waals surface area contributed by atoms with E-state index in [-0.39, 0.29) is 0 Å². The molecular weight excluding hydrogens is 210 g/mol. The van der Waals surface area contributed by atoms with Crippen molar-refractivity contribution < 1.29 is 0 Å². The quantitative estimate of drug-likeness (QED) is 0.799. The fourth-order valence-electron chi connectivity index (χ4n) is 2.89. The van der Waals surface area contributed by atoms with Crippen LogP contribution < -0.4 is 10.2 Å². The van der Waals surface area contributed by atoms with E-state index in [0.717, 1.165) is 18.0 Å². The van der Waals surface area contributed by atoms with Crippen molar-refractivity contribution in [2.75, 3.05) is 24.5 Å². The van der Waals surface area contributed by atoms with Crippen LogP contribution in [0.25, 0.3) is 10.9 Å². The smallest absolute Gasteiger partial charge is 0.0703 e. The van der Waals surface area contributed by atoms with Gasteiger partial charge in [0, 0.05) is 37.0 Å². The van der Waals surface area contributed by atoms with Gasteiger partial charge in [-0.1, -0.05) is 18.2 Å². The van der Waals surface area contributed by atoms with Gasteiger partial charge in [-0.15, -0.1) is 0 Å². The van der Waals surface area contributed by atoms with Gasteiger partial charge in [0.15, 0.2) is 0 Å². The Morgan fingerprint density at radius 3 is 2.94 bits per heavy atom. The molecule has 4 rings (SSSR count). The van der Waals surface area contributed by atoms with E-state index in [1.54, 1.807) is 0 Å². The minimum Gasteiger partial charge on any atom is -0.368 e. The van der Waals surface area contributed by atoms with Crippen molar-refractivity contribution in [1.29, 1.82) is 0 Å². The molecule has 3 nitrogen and oxygen atoms in total. The number of nitrogens with one attached hydrogen (secondary N) is 1. The molecule has 0 aliphatic carbocycles. The molecule has 1 N–H and O–H groups in total. The molecule has 17 heavy (non-hydrogen) atoms. The molecule has 2 aromatic rings. The largest absolute Gasteiger partial charge is 0.368 e. The second kappa shape index (κ2) is 3.44. The van der Waals surface area contributed by atoms with Crippen LogP contribution in [0.15, 0.2) is 36.5 Å². The number of fused-ring (bicyclic) bond motifs is 2. The number of rotatable bonds is 1. The molecule has 3 heterocycles. The number of nitrogens with zero attached hydrogens (tertiary/aromatic N) is 2. The third-order valence-corrected chi connectivity index (χ3v) is 4.02. The lowest BCUT2D eigenvalue weighted by atomic mass is 9.96. The second-order valence-electron chi connectivity index (χ2n) is 5.07. The molecular formula is C14H15N3. The summed E-state index contributed by atoms with van der Waals surface area (Å²) in [4.78, 5) is 6.99. The molecule has 86 valence electrons. The molecule has 2 saturated heterocycles. The molecule has 0 bridgehead atoms. The molecule has 2 aliphatic heterocycles. The van der Waals surface area contributed by atoms with Crippen molar-refractivity contribution >= 4 is 16.6 Å². The van der Waals surface area contributed by atoms with Crippen molar-refractivity contribution in [3.63, 3.8) is 0 Å². The molecule has 0 radical (unpaired) electrons. The van der Waals surface area contributed by atoms with Gasteiger partial charge in [0.25, 0.3) is 0 Å². The van der Waals surface area contributed by atoms with E-state index in [1.165, 1.54) is 24.2 Å². The zero-order valence-electron chi connectivity index (χ0n) is 9.63. The predicted molar refractivity (Wildman–Crippen MR) is 69.2 cm³/mol. The van der Waals surface area contributed by atoms with Gasteiger partial charge in [-0.3, -0.25) is 4.98 Å². The van der Waals surface area contributed by atoms with Gasteiger partial charge in [0.1, 0.15) is 0 Å². The summed E-state index contributed by atoms with van der Waals surface area (Å²) >= 11 is 0. The molecule has 2 unspecified atom stereocenters. The topological polar surface area (TPSA) is 28.2 Å². The van der Waals surface area contributed by atoms with E-state index in [1.807, 2.05) is 12.3 Å². The van der Waals surface area contributed by atoms with Crippen molar-refractivity contribution in [3.05, 3.63) is 36.5 Å². The van der Waals surface area contributed by atoms with Gasteiger partial charge in [0.05, 0.1) is 17.4 Å².